The van der Waals surface area contributed by atoms with E-state index < -0.39 is 0 Å². The maximum Gasteiger partial charge on any atom is 0.306 e. The summed E-state index contributed by atoms with van der Waals surface area (Å²) in [6.45, 7) is 5.73. The highest BCUT2D eigenvalue weighted by atomic mass is 16.6. The lowest BCUT2D eigenvalue weighted by Gasteiger charge is -2.29. The highest BCUT2D eigenvalue weighted by Gasteiger charge is 2.26. The van der Waals surface area contributed by atoms with Gasteiger partial charge in [-0.1, -0.05) is 12.1 Å². The van der Waals surface area contributed by atoms with Crippen molar-refractivity contribution in [2.45, 2.75) is 64.4 Å². The Balaban J connectivity index is 1.80. The van der Waals surface area contributed by atoms with Crippen molar-refractivity contribution in [1.29, 1.82) is 0 Å². The van der Waals surface area contributed by atoms with Gasteiger partial charge in [-0.2, -0.15) is 0 Å². The maximum absolute atomic E-state index is 11.9. The third kappa shape index (κ3) is 5.07. The number of hydrogen-bond donors (Lipinski definition) is 1. The third-order valence-electron chi connectivity index (χ3n) is 4.09. The molecule has 0 aromatic heterocycles. The molecule has 116 valence electrons. The molecule has 0 aliphatic heterocycles. The Bertz CT molecular complexity index is 462. The fourth-order valence-electron chi connectivity index (χ4n) is 3.07. The van der Waals surface area contributed by atoms with Gasteiger partial charge in [-0.05, 0) is 76.0 Å². The van der Waals surface area contributed by atoms with Crippen molar-refractivity contribution >= 4 is 5.97 Å². The average Bonchev–Trinajstić information content (AvgIpc) is 2.38. The summed E-state index contributed by atoms with van der Waals surface area (Å²) in [6.07, 6.45) is 4.91. The van der Waals surface area contributed by atoms with Crippen LogP contribution >= 0.6 is 0 Å². The van der Waals surface area contributed by atoms with Gasteiger partial charge in [0, 0.05) is 6.42 Å². The molecule has 21 heavy (non-hydrogen) atoms. The number of benzene rings is 1. The Kier molecular flexibility index (Phi) is 4.92. The predicted octanol–water partition coefficient (Wildman–Crippen LogP) is 4.40. The van der Waals surface area contributed by atoms with Crippen LogP contribution in [0.1, 0.15) is 64.4 Å². The quantitative estimate of drug-likeness (QED) is 0.839. The summed E-state index contributed by atoms with van der Waals surface area (Å²) in [5.74, 6) is 1.25. The molecule has 2 rings (SSSR count). The van der Waals surface area contributed by atoms with Crippen LogP contribution in [-0.2, 0) is 9.53 Å². The number of hydrogen-bond acceptors (Lipinski definition) is 3. The molecule has 3 nitrogen and oxygen atoms in total. The van der Waals surface area contributed by atoms with Crippen LogP contribution in [-0.4, -0.2) is 16.7 Å². The molecule has 0 radical (unpaired) electrons. The Morgan fingerprint density at radius 1 is 1.14 bits per heavy atom. The number of carbonyl (C=O) groups excluding carboxylic acids is 1. The Morgan fingerprint density at radius 3 is 2.24 bits per heavy atom. The van der Waals surface area contributed by atoms with E-state index in [0.717, 1.165) is 25.7 Å². The van der Waals surface area contributed by atoms with Gasteiger partial charge in [-0.3, -0.25) is 4.79 Å². The van der Waals surface area contributed by atoms with E-state index in [4.69, 9.17) is 4.74 Å². The van der Waals surface area contributed by atoms with E-state index in [9.17, 15) is 9.90 Å². The first-order chi connectivity index (χ1) is 9.83. The number of rotatable bonds is 3. The van der Waals surface area contributed by atoms with Gasteiger partial charge in [0.05, 0.1) is 0 Å². The van der Waals surface area contributed by atoms with Crippen molar-refractivity contribution in [2.75, 3.05) is 0 Å². The van der Waals surface area contributed by atoms with Gasteiger partial charge in [0.1, 0.15) is 11.4 Å². The van der Waals surface area contributed by atoms with E-state index in [1.54, 1.807) is 12.1 Å². The number of phenolic OH excluding ortho intramolecular Hbond substituents is 1. The normalized spacial score (nSPS) is 22.8. The van der Waals surface area contributed by atoms with Gasteiger partial charge in [0.25, 0.3) is 0 Å². The summed E-state index contributed by atoms with van der Waals surface area (Å²) in [5.41, 5.74) is 0.906. The molecule has 1 aromatic rings. The zero-order valence-electron chi connectivity index (χ0n) is 13.3. The molecule has 0 spiro atoms. The summed E-state index contributed by atoms with van der Waals surface area (Å²) in [7, 11) is 0. The van der Waals surface area contributed by atoms with E-state index in [1.165, 1.54) is 5.56 Å². The molecule has 0 bridgehead atoms. The van der Waals surface area contributed by atoms with E-state index >= 15 is 0 Å². The van der Waals surface area contributed by atoms with Crippen LogP contribution in [0, 0.1) is 5.92 Å². The molecule has 1 saturated carbocycles. The summed E-state index contributed by atoms with van der Waals surface area (Å²) < 4.78 is 5.40. The molecule has 0 unspecified atom stereocenters. The molecule has 1 N–H and O–H groups in total. The van der Waals surface area contributed by atoms with Crippen LogP contribution in [0.3, 0.4) is 0 Å². The minimum absolute atomic E-state index is 0.0735. The molecule has 1 aliphatic rings. The van der Waals surface area contributed by atoms with Gasteiger partial charge in [0.2, 0.25) is 0 Å². The van der Waals surface area contributed by atoms with Crippen LogP contribution < -0.4 is 0 Å². The standard InChI is InChI=1S/C18H26O3/c1-18(2,3)21-17(20)12-13-4-6-14(7-5-13)15-8-10-16(19)11-9-15/h8-11,13-14,19H,4-7,12H2,1-3H3/t13-,14-. The second kappa shape index (κ2) is 6.50. The van der Waals surface area contributed by atoms with Crippen molar-refractivity contribution in [2.24, 2.45) is 5.92 Å². The fourth-order valence-corrected chi connectivity index (χ4v) is 3.07. The number of aromatic hydroxyl groups is 1. The smallest absolute Gasteiger partial charge is 0.306 e. The molecule has 0 heterocycles. The Labute approximate surface area is 127 Å². The first-order valence-electron chi connectivity index (χ1n) is 7.84. The Hall–Kier alpha value is -1.51. The molecule has 0 amide bonds. The van der Waals surface area contributed by atoms with Crippen LogP contribution in [0.4, 0.5) is 0 Å². The Morgan fingerprint density at radius 2 is 1.71 bits per heavy atom. The van der Waals surface area contributed by atoms with Crippen LogP contribution in [0.5, 0.6) is 5.75 Å². The minimum atomic E-state index is -0.389. The van der Waals surface area contributed by atoms with Crippen molar-refractivity contribution in [3.05, 3.63) is 29.8 Å². The topological polar surface area (TPSA) is 46.5 Å². The van der Waals surface area contributed by atoms with Crippen molar-refractivity contribution in [1.82, 2.24) is 0 Å². The first kappa shape index (κ1) is 15.9. The molecule has 1 aromatic carbocycles. The number of ether oxygens (including phenoxy) is 1. The summed E-state index contributed by atoms with van der Waals surface area (Å²) >= 11 is 0. The molecule has 0 saturated heterocycles. The first-order valence-corrected chi connectivity index (χ1v) is 7.84. The van der Waals surface area contributed by atoms with Gasteiger partial charge in [-0.15, -0.1) is 0 Å². The molecule has 1 fully saturated rings. The van der Waals surface area contributed by atoms with Crippen molar-refractivity contribution < 1.29 is 14.6 Å². The second-order valence-corrected chi connectivity index (χ2v) is 7.10. The molecular weight excluding hydrogens is 264 g/mol. The molecular formula is C18H26O3. The predicted molar refractivity (Wildman–Crippen MR) is 83.3 cm³/mol. The van der Waals surface area contributed by atoms with E-state index in [2.05, 4.69) is 0 Å². The van der Waals surface area contributed by atoms with E-state index in [-0.39, 0.29) is 11.6 Å². The molecule has 0 atom stereocenters. The lowest BCUT2D eigenvalue weighted by molar-refractivity contribution is -0.156. The fraction of sp³-hybridized carbons (Fsp3) is 0.611. The van der Waals surface area contributed by atoms with Gasteiger partial charge >= 0.3 is 5.97 Å². The molecule has 1 aliphatic carbocycles. The summed E-state index contributed by atoms with van der Waals surface area (Å²) in [5, 5.41) is 9.34. The zero-order valence-corrected chi connectivity index (χ0v) is 13.3. The van der Waals surface area contributed by atoms with Gasteiger partial charge in [0.15, 0.2) is 0 Å². The van der Waals surface area contributed by atoms with Crippen molar-refractivity contribution in [3.8, 4) is 5.75 Å². The lowest BCUT2D eigenvalue weighted by Crippen LogP contribution is -2.26. The van der Waals surface area contributed by atoms with E-state index in [1.807, 2.05) is 32.9 Å². The second-order valence-electron chi connectivity index (χ2n) is 7.10. The average molecular weight is 290 g/mol. The van der Waals surface area contributed by atoms with Crippen molar-refractivity contribution in [3.63, 3.8) is 0 Å². The highest BCUT2D eigenvalue weighted by Crippen LogP contribution is 2.37. The van der Waals surface area contributed by atoms with Crippen LogP contribution in [0.25, 0.3) is 0 Å². The number of esters is 1. The van der Waals surface area contributed by atoms with Crippen LogP contribution in [0.15, 0.2) is 24.3 Å². The van der Waals surface area contributed by atoms with Gasteiger partial charge < -0.3 is 9.84 Å². The van der Waals surface area contributed by atoms with Crippen LogP contribution in [0.2, 0.25) is 0 Å². The zero-order chi connectivity index (χ0) is 15.5. The summed E-state index contributed by atoms with van der Waals surface area (Å²) in [6, 6.07) is 7.52. The maximum atomic E-state index is 11.9. The SMILES string of the molecule is CC(C)(C)OC(=O)C[C@H]1CC[C@H](c2ccc(O)cc2)CC1. The number of phenols is 1. The summed E-state index contributed by atoms with van der Waals surface area (Å²) in [4.78, 5) is 11.9. The minimum Gasteiger partial charge on any atom is -0.508 e. The van der Waals surface area contributed by atoms with E-state index in [0.29, 0.717) is 24.0 Å². The highest BCUT2D eigenvalue weighted by molar-refractivity contribution is 5.70. The van der Waals surface area contributed by atoms with Gasteiger partial charge in [-0.25, -0.2) is 0 Å². The lowest BCUT2D eigenvalue weighted by atomic mass is 9.77. The number of carbonyl (C=O) groups is 1. The molecule has 3 heteroatoms. The monoisotopic (exact) mass is 290 g/mol. The largest absolute Gasteiger partial charge is 0.508 e. The third-order valence-corrected chi connectivity index (χ3v) is 4.09.